The van der Waals surface area contributed by atoms with E-state index in [9.17, 15) is 0 Å². The number of hydrogen-bond donors (Lipinski definition) is 3. The summed E-state index contributed by atoms with van der Waals surface area (Å²) in [6.07, 6.45) is 1.77. The van der Waals surface area contributed by atoms with Crippen LogP contribution in [0.3, 0.4) is 0 Å². The molecule has 0 fully saturated rings. The van der Waals surface area contributed by atoms with E-state index in [1.54, 1.807) is 6.20 Å². The van der Waals surface area contributed by atoms with Crippen molar-refractivity contribution >= 4 is 26.8 Å². The zero-order chi connectivity index (χ0) is 13.4. The Hall–Kier alpha value is -1.59. The number of nitrogens with zero attached hydrogens (tertiary/aromatic N) is 1. The van der Waals surface area contributed by atoms with Gasteiger partial charge in [-0.05, 0) is 34.5 Å². The molecule has 1 unspecified atom stereocenters. The number of imidazole rings is 1. The van der Waals surface area contributed by atoms with E-state index < -0.39 is 0 Å². The minimum absolute atomic E-state index is 0.0717. The fraction of sp³-hybridized carbons (Fsp3) is 0.214. The first kappa shape index (κ1) is 12.4. The van der Waals surface area contributed by atoms with Crippen LogP contribution in [0.5, 0.6) is 0 Å². The molecule has 4 nitrogen and oxygen atoms in total. The van der Waals surface area contributed by atoms with Gasteiger partial charge in [-0.15, -0.1) is 0 Å². The molecule has 3 aromatic rings. The van der Waals surface area contributed by atoms with Crippen molar-refractivity contribution in [3.8, 4) is 0 Å². The first-order valence-electron chi connectivity index (χ1n) is 6.18. The van der Waals surface area contributed by atoms with E-state index in [2.05, 4.69) is 49.9 Å². The van der Waals surface area contributed by atoms with Gasteiger partial charge in [-0.3, -0.25) is 0 Å². The SMILES string of the molecule is Cc1[nH]c2ccccc2c1C(CN)c1ncc(Br)[nH]1. The standard InChI is InChI=1S/C14H15BrN4/c1-8-13(9-4-2-3-5-11(9)18-8)10(6-16)14-17-7-12(15)19-14/h2-5,7,10,18H,6,16H2,1H3,(H,17,19). The van der Waals surface area contributed by atoms with Crippen LogP contribution >= 0.6 is 15.9 Å². The summed E-state index contributed by atoms with van der Waals surface area (Å²) in [4.78, 5) is 11.0. The van der Waals surface area contributed by atoms with Gasteiger partial charge in [-0.2, -0.15) is 0 Å². The lowest BCUT2D eigenvalue weighted by Crippen LogP contribution is -2.15. The number of rotatable bonds is 3. The molecule has 1 aromatic carbocycles. The monoisotopic (exact) mass is 318 g/mol. The molecule has 0 radical (unpaired) electrons. The minimum Gasteiger partial charge on any atom is -0.358 e. The average Bonchev–Trinajstić information content (AvgIpc) is 2.96. The summed E-state index contributed by atoms with van der Waals surface area (Å²) in [5.41, 5.74) is 9.48. The highest BCUT2D eigenvalue weighted by Crippen LogP contribution is 2.32. The first-order valence-corrected chi connectivity index (χ1v) is 6.97. The molecule has 19 heavy (non-hydrogen) atoms. The van der Waals surface area contributed by atoms with Crippen LogP contribution in [0.4, 0.5) is 0 Å². The van der Waals surface area contributed by atoms with Crippen LogP contribution in [0, 0.1) is 6.92 Å². The number of halogens is 1. The van der Waals surface area contributed by atoms with Crippen molar-refractivity contribution in [1.82, 2.24) is 15.0 Å². The fourth-order valence-electron chi connectivity index (χ4n) is 2.60. The van der Waals surface area contributed by atoms with Crippen molar-refractivity contribution in [3.05, 3.63) is 52.1 Å². The number of para-hydroxylation sites is 1. The molecule has 0 aliphatic rings. The maximum Gasteiger partial charge on any atom is 0.115 e. The van der Waals surface area contributed by atoms with Crippen LogP contribution in [0.1, 0.15) is 23.0 Å². The highest BCUT2D eigenvalue weighted by Gasteiger charge is 2.21. The summed E-state index contributed by atoms with van der Waals surface area (Å²) in [6, 6.07) is 8.28. The van der Waals surface area contributed by atoms with Crippen LogP contribution in [0.2, 0.25) is 0 Å². The molecule has 0 bridgehead atoms. The predicted octanol–water partition coefficient (Wildman–Crippen LogP) is 3.05. The van der Waals surface area contributed by atoms with Gasteiger partial charge < -0.3 is 15.7 Å². The van der Waals surface area contributed by atoms with Crippen LogP contribution in [0.25, 0.3) is 10.9 Å². The Kier molecular flexibility index (Phi) is 3.16. The number of fused-ring (bicyclic) bond motifs is 1. The number of aryl methyl sites for hydroxylation is 1. The van der Waals surface area contributed by atoms with Gasteiger partial charge in [0, 0.05) is 23.1 Å². The maximum absolute atomic E-state index is 5.98. The molecule has 0 saturated heterocycles. The Morgan fingerprint density at radius 2 is 2.11 bits per heavy atom. The number of nitrogens with two attached hydrogens (primary N) is 1. The van der Waals surface area contributed by atoms with Gasteiger partial charge in [0.1, 0.15) is 10.4 Å². The molecular formula is C14H15BrN4. The fourth-order valence-corrected chi connectivity index (χ4v) is 2.91. The Balaban J connectivity index is 2.18. The molecule has 1 atom stereocenters. The third-order valence-electron chi connectivity index (χ3n) is 3.42. The number of hydrogen-bond acceptors (Lipinski definition) is 2. The van der Waals surface area contributed by atoms with Crippen LogP contribution in [0.15, 0.2) is 35.1 Å². The van der Waals surface area contributed by atoms with E-state index in [0.717, 1.165) is 21.6 Å². The second kappa shape index (κ2) is 4.83. The molecule has 0 amide bonds. The molecule has 0 spiro atoms. The summed E-state index contributed by atoms with van der Waals surface area (Å²) < 4.78 is 0.874. The van der Waals surface area contributed by atoms with Gasteiger partial charge in [0.25, 0.3) is 0 Å². The Morgan fingerprint density at radius 1 is 1.32 bits per heavy atom. The van der Waals surface area contributed by atoms with Crippen LogP contribution in [-0.2, 0) is 0 Å². The average molecular weight is 319 g/mol. The zero-order valence-corrected chi connectivity index (χ0v) is 12.2. The van der Waals surface area contributed by atoms with E-state index >= 15 is 0 Å². The lowest BCUT2D eigenvalue weighted by Gasteiger charge is -2.13. The largest absolute Gasteiger partial charge is 0.358 e. The molecule has 2 heterocycles. The van der Waals surface area contributed by atoms with Crippen molar-refractivity contribution in [2.75, 3.05) is 6.54 Å². The molecule has 0 aliphatic heterocycles. The highest BCUT2D eigenvalue weighted by molar-refractivity contribution is 9.10. The Bertz CT molecular complexity index is 713. The topological polar surface area (TPSA) is 70.5 Å². The third kappa shape index (κ3) is 2.09. The van der Waals surface area contributed by atoms with Crippen LogP contribution < -0.4 is 5.73 Å². The molecular weight excluding hydrogens is 304 g/mol. The maximum atomic E-state index is 5.98. The van der Waals surface area contributed by atoms with Gasteiger partial charge in [-0.25, -0.2) is 4.98 Å². The van der Waals surface area contributed by atoms with E-state index in [0.29, 0.717) is 6.54 Å². The molecule has 98 valence electrons. The second-order valence-electron chi connectivity index (χ2n) is 4.61. The third-order valence-corrected chi connectivity index (χ3v) is 3.83. The number of H-pyrrole nitrogens is 2. The Morgan fingerprint density at radius 3 is 2.79 bits per heavy atom. The first-order chi connectivity index (χ1) is 9.20. The van der Waals surface area contributed by atoms with Gasteiger partial charge >= 0.3 is 0 Å². The summed E-state index contributed by atoms with van der Waals surface area (Å²) in [5.74, 6) is 0.963. The summed E-state index contributed by atoms with van der Waals surface area (Å²) >= 11 is 3.39. The van der Waals surface area contributed by atoms with Crippen molar-refractivity contribution in [2.45, 2.75) is 12.8 Å². The van der Waals surface area contributed by atoms with Crippen molar-refractivity contribution < 1.29 is 0 Å². The number of nitrogens with one attached hydrogen (secondary N) is 2. The molecule has 0 saturated carbocycles. The second-order valence-corrected chi connectivity index (χ2v) is 5.47. The molecule has 5 heteroatoms. The molecule has 3 rings (SSSR count). The van der Waals surface area contributed by atoms with Crippen molar-refractivity contribution in [2.24, 2.45) is 5.73 Å². The van der Waals surface area contributed by atoms with Gasteiger partial charge in [0.15, 0.2) is 0 Å². The smallest absolute Gasteiger partial charge is 0.115 e. The highest BCUT2D eigenvalue weighted by atomic mass is 79.9. The van der Waals surface area contributed by atoms with E-state index in [-0.39, 0.29) is 5.92 Å². The zero-order valence-electron chi connectivity index (χ0n) is 10.6. The van der Waals surface area contributed by atoms with Crippen LogP contribution in [-0.4, -0.2) is 21.5 Å². The molecule has 4 N–H and O–H groups in total. The van der Waals surface area contributed by atoms with E-state index in [1.165, 1.54) is 10.9 Å². The van der Waals surface area contributed by atoms with Gasteiger partial charge in [0.2, 0.25) is 0 Å². The van der Waals surface area contributed by atoms with Gasteiger partial charge in [0.05, 0.1) is 12.1 Å². The molecule has 2 aromatic heterocycles. The summed E-state index contributed by atoms with van der Waals surface area (Å²) in [7, 11) is 0. The summed E-state index contributed by atoms with van der Waals surface area (Å²) in [6.45, 7) is 2.60. The number of aromatic amines is 2. The van der Waals surface area contributed by atoms with E-state index in [1.807, 2.05) is 12.1 Å². The van der Waals surface area contributed by atoms with Crippen molar-refractivity contribution in [1.29, 1.82) is 0 Å². The quantitative estimate of drug-likeness (QED) is 0.694. The van der Waals surface area contributed by atoms with Crippen molar-refractivity contribution in [3.63, 3.8) is 0 Å². The Labute approximate surface area is 119 Å². The predicted molar refractivity (Wildman–Crippen MR) is 80.2 cm³/mol. The van der Waals surface area contributed by atoms with Gasteiger partial charge in [-0.1, -0.05) is 18.2 Å². The van der Waals surface area contributed by atoms with E-state index in [4.69, 9.17) is 5.73 Å². The lowest BCUT2D eigenvalue weighted by atomic mass is 9.95. The number of benzene rings is 1. The lowest BCUT2D eigenvalue weighted by molar-refractivity contribution is 0.763. The summed E-state index contributed by atoms with van der Waals surface area (Å²) in [5, 5.41) is 1.21. The minimum atomic E-state index is 0.0717. The molecule has 0 aliphatic carbocycles. The number of aromatic nitrogens is 3. The normalized spacial score (nSPS) is 13.0.